The van der Waals surface area contributed by atoms with Crippen molar-refractivity contribution in [1.82, 2.24) is 0 Å². The fraction of sp³-hybridized carbons (Fsp3) is 0.545. The smallest absolute Gasteiger partial charge is 0.300 e. The second-order valence-corrected chi connectivity index (χ2v) is 7.63. The molecular formula is C22H33N2O7Rh-. The number of ether oxygens (including phenoxy) is 2. The number of aliphatic carboxylic acids is 2. The Morgan fingerprint density at radius 1 is 0.906 bits per heavy atom. The number of nitrogens with zero attached hydrogens (tertiary/aromatic N) is 2. The Kier molecular flexibility index (Phi) is 15.4. The molecule has 0 aromatic heterocycles. The van der Waals surface area contributed by atoms with E-state index >= 15 is 0 Å². The zero-order valence-electron chi connectivity index (χ0n) is 19.2. The maximum Gasteiger partial charge on any atom is 0.300 e. The molecule has 0 aliphatic carbocycles. The molecule has 0 bridgehead atoms. The van der Waals surface area contributed by atoms with Gasteiger partial charge in [0.05, 0.1) is 12.1 Å². The average molecular weight is 540 g/mol. The summed E-state index contributed by atoms with van der Waals surface area (Å²) in [6.45, 7) is 12.1. The second-order valence-electron chi connectivity index (χ2n) is 7.63. The van der Waals surface area contributed by atoms with Crippen molar-refractivity contribution >= 4 is 23.7 Å². The van der Waals surface area contributed by atoms with Crippen LogP contribution in [0.1, 0.15) is 52.7 Å². The monoisotopic (exact) mass is 540 g/mol. The predicted octanol–water partition coefficient (Wildman–Crippen LogP) is 2.44. The van der Waals surface area contributed by atoms with Crippen LogP contribution in [-0.2, 0) is 38.5 Å². The molecule has 183 valence electrons. The fourth-order valence-corrected chi connectivity index (χ4v) is 2.48. The number of hydrogen-bond acceptors (Lipinski definition) is 6. The van der Waals surface area contributed by atoms with Crippen LogP contribution >= 0.6 is 0 Å². The Hall–Kier alpha value is -2.32. The standard InChI is InChI=1S/C18H23N2O2.2C2H4O2.H2O.Rh/c1-11(2)15-9-21-17(19-15)13-6-5-7-14(8-13)18-20-16(10-22-18)12(3)4;2*1-2(3)4;;/h5-7,11-12,15-16H,9-10H2,1-4H3;2*1H3,(H,3,4);1H2;/q-1;;;;/t15-,16-;;;;/m1..../s1. The molecule has 0 unspecified atom stereocenters. The van der Waals surface area contributed by atoms with Gasteiger partial charge in [-0.05, 0) is 11.8 Å². The van der Waals surface area contributed by atoms with E-state index in [4.69, 9.17) is 29.3 Å². The summed E-state index contributed by atoms with van der Waals surface area (Å²) in [7, 11) is 0. The SMILES string of the molecule is CC(=O)O.CC(=O)O.CC(C)[C@H]1COC(c2[c-]c(C3=N[C@@H](C(C)C)CO3)ccc2)=N1.O.[Rh]. The molecule has 0 saturated heterocycles. The number of carbonyl (C=O) groups is 2. The maximum atomic E-state index is 9.00. The molecule has 1 radical (unpaired) electrons. The van der Waals surface area contributed by atoms with E-state index in [1.807, 2.05) is 18.2 Å². The van der Waals surface area contributed by atoms with E-state index in [0.29, 0.717) is 36.8 Å². The van der Waals surface area contributed by atoms with Gasteiger partial charge in [-0.3, -0.25) is 19.6 Å². The third-order valence-electron chi connectivity index (χ3n) is 4.14. The van der Waals surface area contributed by atoms with E-state index in [-0.39, 0.29) is 37.0 Å². The number of rotatable bonds is 4. The van der Waals surface area contributed by atoms with E-state index in [2.05, 4.69) is 43.7 Å². The Labute approximate surface area is 202 Å². The van der Waals surface area contributed by atoms with Crippen LogP contribution in [0.3, 0.4) is 0 Å². The van der Waals surface area contributed by atoms with Gasteiger partial charge in [0.15, 0.2) is 0 Å². The molecule has 32 heavy (non-hydrogen) atoms. The molecule has 0 saturated carbocycles. The van der Waals surface area contributed by atoms with E-state index in [1.165, 1.54) is 0 Å². The molecule has 1 aromatic rings. The number of benzene rings is 1. The van der Waals surface area contributed by atoms with E-state index in [1.54, 1.807) is 0 Å². The number of carboxylic acids is 2. The zero-order chi connectivity index (χ0) is 22.8. The van der Waals surface area contributed by atoms with Crippen LogP contribution in [0.2, 0.25) is 0 Å². The largest absolute Gasteiger partial charge is 0.510 e. The number of aliphatic imine (C=N–C) groups is 2. The first kappa shape index (κ1) is 31.9. The van der Waals surface area contributed by atoms with E-state index in [0.717, 1.165) is 25.0 Å². The fourth-order valence-electron chi connectivity index (χ4n) is 2.48. The third kappa shape index (κ3) is 11.3. The van der Waals surface area contributed by atoms with Gasteiger partial charge in [0.1, 0.15) is 25.0 Å². The van der Waals surface area contributed by atoms with Gasteiger partial charge in [-0.1, -0.05) is 38.8 Å². The summed E-state index contributed by atoms with van der Waals surface area (Å²) in [5, 5.41) is 14.8. The molecule has 4 N–H and O–H groups in total. The molecule has 2 aliphatic rings. The minimum absolute atomic E-state index is 0. The molecule has 3 rings (SSSR count). The maximum absolute atomic E-state index is 9.00. The van der Waals surface area contributed by atoms with E-state index in [9.17, 15) is 0 Å². The molecular weight excluding hydrogens is 507 g/mol. The van der Waals surface area contributed by atoms with Crippen molar-refractivity contribution in [3.63, 3.8) is 0 Å². The summed E-state index contributed by atoms with van der Waals surface area (Å²) in [5.41, 5.74) is 1.75. The summed E-state index contributed by atoms with van der Waals surface area (Å²) < 4.78 is 11.5. The van der Waals surface area contributed by atoms with Gasteiger partial charge in [0, 0.05) is 33.3 Å². The van der Waals surface area contributed by atoms with Crippen LogP contribution in [0.15, 0.2) is 28.2 Å². The van der Waals surface area contributed by atoms with Gasteiger partial charge in [-0.25, -0.2) is 0 Å². The van der Waals surface area contributed by atoms with Crippen molar-refractivity contribution in [2.24, 2.45) is 21.8 Å². The molecule has 0 amide bonds. The summed E-state index contributed by atoms with van der Waals surface area (Å²) >= 11 is 0. The Morgan fingerprint density at radius 2 is 1.22 bits per heavy atom. The molecule has 9 nitrogen and oxygen atoms in total. The number of hydrogen-bond donors (Lipinski definition) is 2. The average Bonchev–Trinajstić information content (AvgIpc) is 3.31. The third-order valence-corrected chi connectivity index (χ3v) is 4.14. The summed E-state index contributed by atoms with van der Waals surface area (Å²) in [4.78, 5) is 27.3. The number of carboxylic acid groups (broad SMARTS) is 2. The van der Waals surface area contributed by atoms with Gasteiger partial charge in [0.25, 0.3) is 11.9 Å². The van der Waals surface area contributed by atoms with Gasteiger partial charge in [0.2, 0.25) is 0 Å². The van der Waals surface area contributed by atoms with Crippen LogP contribution in [0.4, 0.5) is 0 Å². The van der Waals surface area contributed by atoms with Crippen molar-refractivity contribution in [1.29, 1.82) is 0 Å². The van der Waals surface area contributed by atoms with Gasteiger partial charge in [-0.2, -0.15) is 0 Å². The van der Waals surface area contributed by atoms with E-state index < -0.39 is 11.9 Å². The van der Waals surface area contributed by atoms with Crippen LogP contribution in [0, 0.1) is 17.9 Å². The van der Waals surface area contributed by atoms with Crippen molar-refractivity contribution in [2.75, 3.05) is 13.2 Å². The Morgan fingerprint density at radius 3 is 1.47 bits per heavy atom. The quantitative estimate of drug-likeness (QED) is 0.443. The first-order valence-corrected chi connectivity index (χ1v) is 9.84. The molecule has 0 fully saturated rings. The van der Waals surface area contributed by atoms with Crippen molar-refractivity contribution < 1.29 is 54.2 Å². The predicted molar refractivity (Wildman–Crippen MR) is 118 cm³/mol. The summed E-state index contributed by atoms with van der Waals surface area (Å²) in [5.74, 6) is 0.657. The van der Waals surface area contributed by atoms with Gasteiger partial charge >= 0.3 is 0 Å². The minimum atomic E-state index is -0.833. The van der Waals surface area contributed by atoms with Crippen molar-refractivity contribution in [3.8, 4) is 0 Å². The van der Waals surface area contributed by atoms with Crippen LogP contribution in [0.25, 0.3) is 0 Å². The molecule has 10 heteroatoms. The van der Waals surface area contributed by atoms with Crippen LogP contribution in [0.5, 0.6) is 0 Å². The Balaban J connectivity index is 0. The normalized spacial score (nSPS) is 18.2. The summed E-state index contributed by atoms with van der Waals surface area (Å²) in [6, 6.07) is 9.73. The zero-order valence-corrected chi connectivity index (χ0v) is 20.8. The van der Waals surface area contributed by atoms with Crippen LogP contribution in [-0.4, -0.2) is 64.7 Å². The molecule has 2 atom stereocenters. The minimum Gasteiger partial charge on any atom is -0.510 e. The first-order chi connectivity index (χ1) is 14.0. The van der Waals surface area contributed by atoms with Gasteiger partial charge in [-0.15, -0.1) is 24.3 Å². The van der Waals surface area contributed by atoms with Crippen LogP contribution < -0.4 is 0 Å². The summed E-state index contributed by atoms with van der Waals surface area (Å²) in [6.07, 6.45) is 0. The molecule has 2 aliphatic heterocycles. The molecule has 0 spiro atoms. The van der Waals surface area contributed by atoms with Crippen molar-refractivity contribution in [2.45, 2.75) is 53.6 Å². The topological polar surface area (TPSA) is 149 Å². The molecule has 1 aromatic carbocycles. The first-order valence-electron chi connectivity index (χ1n) is 9.84. The van der Waals surface area contributed by atoms with Gasteiger partial charge < -0.3 is 25.2 Å². The Bertz CT molecular complexity index is 725. The second kappa shape index (κ2) is 15.5. The molecule has 2 heterocycles. The van der Waals surface area contributed by atoms with Crippen molar-refractivity contribution in [3.05, 3.63) is 35.4 Å².